The lowest BCUT2D eigenvalue weighted by molar-refractivity contribution is -0.180. The first-order valence-electron chi connectivity index (χ1n) is 12.7. The molecule has 3 aromatic carbocycles. The fraction of sp³-hybridized carbons (Fsp3) is 0.400. The van der Waals surface area contributed by atoms with Crippen molar-refractivity contribution in [3.8, 4) is 0 Å². The zero-order chi connectivity index (χ0) is 25.4. The minimum Gasteiger partial charge on any atom is -0.465 e. The van der Waals surface area contributed by atoms with Crippen molar-refractivity contribution < 1.29 is 28.5 Å². The van der Waals surface area contributed by atoms with Crippen molar-refractivity contribution in [1.82, 2.24) is 0 Å². The van der Waals surface area contributed by atoms with Gasteiger partial charge in [-0.15, -0.1) is 0 Å². The van der Waals surface area contributed by atoms with E-state index in [1.165, 1.54) is 0 Å². The Balaban J connectivity index is 1.67. The van der Waals surface area contributed by atoms with Gasteiger partial charge in [-0.3, -0.25) is 9.59 Å². The smallest absolute Gasteiger partial charge is 0.323 e. The average Bonchev–Trinajstić information content (AvgIpc) is 3.39. The Morgan fingerprint density at radius 3 is 2.11 bits per heavy atom. The highest BCUT2D eigenvalue weighted by atomic mass is 16.7. The molecule has 0 saturated carbocycles. The highest BCUT2D eigenvalue weighted by molar-refractivity contribution is 6.01. The van der Waals surface area contributed by atoms with Crippen LogP contribution in [0.4, 0.5) is 0 Å². The van der Waals surface area contributed by atoms with Crippen LogP contribution in [0.2, 0.25) is 0 Å². The minimum absolute atomic E-state index is 0.176. The molecule has 3 aromatic rings. The molecule has 0 aromatic heterocycles. The Bertz CT molecular complexity index is 1140. The van der Waals surface area contributed by atoms with Gasteiger partial charge in [-0.2, -0.15) is 0 Å². The molecule has 6 nitrogen and oxygen atoms in total. The van der Waals surface area contributed by atoms with Crippen LogP contribution in [-0.4, -0.2) is 38.4 Å². The van der Waals surface area contributed by atoms with Crippen molar-refractivity contribution in [1.29, 1.82) is 0 Å². The molecule has 1 aliphatic heterocycles. The third-order valence-electron chi connectivity index (χ3n) is 6.78. The van der Waals surface area contributed by atoms with E-state index in [0.29, 0.717) is 26.1 Å². The molecule has 0 N–H and O–H groups in total. The summed E-state index contributed by atoms with van der Waals surface area (Å²) in [4.78, 5) is 27.0. The van der Waals surface area contributed by atoms with E-state index < -0.39 is 23.1 Å². The summed E-state index contributed by atoms with van der Waals surface area (Å²) in [7, 11) is 0. The molecular weight excluding hydrogens is 456 g/mol. The third kappa shape index (κ3) is 5.30. The number of fused-ring (bicyclic) bond motifs is 1. The Morgan fingerprint density at radius 1 is 0.833 bits per heavy atom. The van der Waals surface area contributed by atoms with E-state index in [2.05, 4.69) is 0 Å². The summed E-state index contributed by atoms with van der Waals surface area (Å²) in [6, 6.07) is 23.7. The van der Waals surface area contributed by atoms with E-state index in [4.69, 9.17) is 18.9 Å². The van der Waals surface area contributed by atoms with Gasteiger partial charge >= 0.3 is 11.9 Å². The van der Waals surface area contributed by atoms with Gasteiger partial charge < -0.3 is 18.9 Å². The number of rotatable bonds is 11. The molecule has 0 atom stereocenters. The standard InChI is InChI=1S/C30H34O6/c1-3-33-27(31)29(28(32)34-4-2,22-24-14-10-13-23-12-8-9-17-26(23)24)18-11-19-30(35-20-21-36-30)25-15-6-5-7-16-25/h5-10,12-17H,3-4,11,18-22H2,1-2H3. The van der Waals surface area contributed by atoms with Gasteiger partial charge in [0, 0.05) is 12.0 Å². The van der Waals surface area contributed by atoms with E-state index in [0.717, 1.165) is 21.9 Å². The molecule has 6 heteroatoms. The molecule has 0 unspecified atom stereocenters. The Morgan fingerprint density at radius 2 is 1.44 bits per heavy atom. The molecule has 1 aliphatic rings. The Kier molecular flexibility index (Phi) is 8.39. The SMILES string of the molecule is CCOC(=O)C(CCCC1(c2ccccc2)OCCO1)(Cc1cccc2ccccc12)C(=O)OCC. The molecule has 0 radical (unpaired) electrons. The molecule has 0 amide bonds. The van der Waals surface area contributed by atoms with Gasteiger partial charge in [0.2, 0.25) is 0 Å². The van der Waals surface area contributed by atoms with E-state index in [1.807, 2.05) is 72.8 Å². The minimum atomic E-state index is -1.48. The third-order valence-corrected chi connectivity index (χ3v) is 6.78. The number of carbonyl (C=O) groups excluding carboxylic acids is 2. The van der Waals surface area contributed by atoms with Crippen LogP contribution in [0.25, 0.3) is 10.8 Å². The first kappa shape index (κ1) is 25.9. The molecule has 36 heavy (non-hydrogen) atoms. The van der Waals surface area contributed by atoms with Crippen molar-refractivity contribution in [2.24, 2.45) is 5.41 Å². The molecule has 1 heterocycles. The number of hydrogen-bond acceptors (Lipinski definition) is 6. The summed E-state index contributed by atoms with van der Waals surface area (Å²) < 4.78 is 23.1. The van der Waals surface area contributed by atoms with E-state index in [1.54, 1.807) is 13.8 Å². The summed E-state index contributed by atoms with van der Waals surface area (Å²) in [6.07, 6.45) is 1.42. The maximum atomic E-state index is 13.5. The van der Waals surface area contributed by atoms with Crippen LogP contribution in [0.15, 0.2) is 72.8 Å². The predicted molar refractivity (Wildman–Crippen MR) is 137 cm³/mol. The van der Waals surface area contributed by atoms with Crippen LogP contribution in [0.5, 0.6) is 0 Å². The fourth-order valence-corrected chi connectivity index (χ4v) is 5.06. The monoisotopic (exact) mass is 490 g/mol. The Labute approximate surface area is 212 Å². The lowest BCUT2D eigenvalue weighted by Gasteiger charge is -2.32. The average molecular weight is 491 g/mol. The summed E-state index contributed by atoms with van der Waals surface area (Å²) >= 11 is 0. The van der Waals surface area contributed by atoms with E-state index in [9.17, 15) is 9.59 Å². The molecule has 0 spiro atoms. The lowest BCUT2D eigenvalue weighted by atomic mass is 9.75. The quantitative estimate of drug-likeness (QED) is 0.259. The van der Waals surface area contributed by atoms with Crippen molar-refractivity contribution in [3.05, 3.63) is 83.9 Å². The van der Waals surface area contributed by atoms with Gasteiger partial charge in [0.25, 0.3) is 0 Å². The van der Waals surface area contributed by atoms with Gasteiger partial charge in [-0.25, -0.2) is 0 Å². The van der Waals surface area contributed by atoms with Crippen LogP contribution in [0, 0.1) is 5.41 Å². The molecule has 1 fully saturated rings. The second kappa shape index (κ2) is 11.7. The second-order valence-corrected chi connectivity index (χ2v) is 9.01. The van der Waals surface area contributed by atoms with Crippen LogP contribution >= 0.6 is 0 Å². The van der Waals surface area contributed by atoms with Gasteiger partial charge in [0.15, 0.2) is 11.2 Å². The largest absolute Gasteiger partial charge is 0.465 e. The van der Waals surface area contributed by atoms with Gasteiger partial charge in [-0.1, -0.05) is 72.8 Å². The Hall–Kier alpha value is -3.22. The first-order valence-corrected chi connectivity index (χ1v) is 12.7. The van der Waals surface area contributed by atoms with Crippen LogP contribution < -0.4 is 0 Å². The van der Waals surface area contributed by atoms with Crippen LogP contribution in [0.1, 0.15) is 44.2 Å². The van der Waals surface area contributed by atoms with Crippen LogP contribution in [0.3, 0.4) is 0 Å². The molecule has 0 aliphatic carbocycles. The zero-order valence-corrected chi connectivity index (χ0v) is 21.0. The fourth-order valence-electron chi connectivity index (χ4n) is 5.06. The zero-order valence-electron chi connectivity index (χ0n) is 21.0. The maximum absolute atomic E-state index is 13.5. The normalized spacial score (nSPS) is 15.1. The summed E-state index contributed by atoms with van der Waals surface area (Å²) in [6.45, 7) is 4.83. The van der Waals surface area contributed by atoms with Crippen LogP contribution in [-0.2, 0) is 40.7 Å². The second-order valence-electron chi connectivity index (χ2n) is 9.01. The summed E-state index contributed by atoms with van der Waals surface area (Å²) in [5.41, 5.74) is 0.349. The lowest BCUT2D eigenvalue weighted by Crippen LogP contribution is -2.44. The van der Waals surface area contributed by atoms with Gasteiger partial charge in [0.05, 0.1) is 26.4 Å². The van der Waals surface area contributed by atoms with Crippen molar-refractivity contribution in [2.75, 3.05) is 26.4 Å². The highest BCUT2D eigenvalue weighted by Crippen LogP contribution is 2.40. The number of hydrogen-bond donors (Lipinski definition) is 0. The predicted octanol–water partition coefficient (Wildman–Crippen LogP) is 5.57. The van der Waals surface area contributed by atoms with Gasteiger partial charge in [-0.05, 0) is 49.4 Å². The molecule has 0 bridgehead atoms. The molecule has 4 rings (SSSR count). The van der Waals surface area contributed by atoms with Gasteiger partial charge in [0.1, 0.15) is 0 Å². The number of carbonyl (C=O) groups is 2. The molecular formula is C30H34O6. The molecule has 190 valence electrons. The number of esters is 2. The van der Waals surface area contributed by atoms with E-state index in [-0.39, 0.29) is 26.1 Å². The number of ether oxygens (including phenoxy) is 4. The topological polar surface area (TPSA) is 71.1 Å². The molecule has 1 saturated heterocycles. The van der Waals surface area contributed by atoms with E-state index >= 15 is 0 Å². The number of benzene rings is 3. The highest BCUT2D eigenvalue weighted by Gasteiger charge is 2.49. The maximum Gasteiger partial charge on any atom is 0.323 e. The van der Waals surface area contributed by atoms with Crippen molar-refractivity contribution in [2.45, 2.75) is 45.3 Å². The van der Waals surface area contributed by atoms with Crippen molar-refractivity contribution in [3.63, 3.8) is 0 Å². The summed E-state index contributed by atoms with van der Waals surface area (Å²) in [5, 5.41) is 2.05. The van der Waals surface area contributed by atoms with Crippen molar-refractivity contribution >= 4 is 22.7 Å². The summed E-state index contributed by atoms with van der Waals surface area (Å²) in [5.74, 6) is -2.01. The first-order chi connectivity index (χ1) is 17.5.